The maximum absolute atomic E-state index is 12.6. The van der Waals surface area contributed by atoms with E-state index in [-0.39, 0.29) is 11.9 Å². The lowest BCUT2D eigenvalue weighted by Gasteiger charge is -2.31. The third-order valence-electron chi connectivity index (χ3n) is 5.43. The lowest BCUT2D eigenvalue weighted by molar-refractivity contribution is -0.144. The van der Waals surface area contributed by atoms with Gasteiger partial charge in [0.2, 0.25) is 0 Å². The Morgan fingerprint density at radius 3 is 1.85 bits per heavy atom. The molecule has 0 aliphatic heterocycles. The zero-order chi connectivity index (χ0) is 19.3. The van der Waals surface area contributed by atoms with Crippen molar-refractivity contribution >= 4 is 13.2 Å². The largest absolute Gasteiger partial charge is 0.469 e. The minimum Gasteiger partial charge on any atom is -0.469 e. The van der Waals surface area contributed by atoms with Crippen LogP contribution in [0, 0.1) is 5.92 Å². The molecule has 0 saturated heterocycles. The van der Waals surface area contributed by atoms with Gasteiger partial charge >= 0.3 is 5.97 Å². The zero-order valence-electron chi connectivity index (χ0n) is 17.5. The number of ether oxygens (including phenoxy) is 1. The van der Waals surface area contributed by atoms with Crippen LogP contribution in [0.4, 0.5) is 0 Å². The molecule has 0 aliphatic rings. The molecule has 0 fully saturated rings. The minimum atomic E-state index is -1.11. The molecule has 3 heteroatoms. The Balaban J connectivity index is 3.02. The maximum atomic E-state index is 12.6. The Kier molecular flexibility index (Phi) is 11.9. The monoisotopic (exact) mass is 379 g/mol. The summed E-state index contributed by atoms with van der Waals surface area (Å²) >= 11 is 0. The summed E-state index contributed by atoms with van der Waals surface area (Å²) in [5.74, 6) is 0.00373. The van der Waals surface area contributed by atoms with Crippen LogP contribution in [0.2, 0.25) is 0 Å². The van der Waals surface area contributed by atoms with Gasteiger partial charge < -0.3 is 4.74 Å². The van der Waals surface area contributed by atoms with Gasteiger partial charge in [0.05, 0.1) is 37.7 Å². The van der Waals surface area contributed by atoms with Crippen molar-refractivity contribution < 1.29 is 9.53 Å². The number of rotatable bonds is 14. The van der Waals surface area contributed by atoms with Crippen LogP contribution in [0.15, 0.2) is 30.3 Å². The molecule has 0 saturated carbocycles. The quantitative estimate of drug-likeness (QED) is 0.275. The number of carbonyl (C=O) groups excluding carboxylic acids is 1. The van der Waals surface area contributed by atoms with E-state index in [1.54, 1.807) is 7.11 Å². The molecule has 26 heavy (non-hydrogen) atoms. The first-order valence-electron chi connectivity index (χ1n) is 10.6. The molecule has 148 valence electrons. The van der Waals surface area contributed by atoms with Crippen molar-refractivity contribution in [3.63, 3.8) is 0 Å². The first kappa shape index (κ1) is 23.2. The molecule has 0 radical (unpaired) electrons. The molecule has 1 unspecified atom stereocenters. The summed E-state index contributed by atoms with van der Waals surface area (Å²) in [4.78, 5) is 12.6. The van der Waals surface area contributed by atoms with Gasteiger partial charge in [-0.25, -0.2) is 0 Å². The summed E-state index contributed by atoms with van der Waals surface area (Å²) in [6.07, 6.45) is 13.6. The van der Waals surface area contributed by atoms with Gasteiger partial charge in [-0.05, 0) is 31.2 Å². The molecular weight excluding hydrogens is 339 g/mol. The van der Waals surface area contributed by atoms with Crippen molar-refractivity contribution in [2.75, 3.05) is 31.8 Å². The maximum Gasteiger partial charge on any atom is 0.312 e. The van der Waals surface area contributed by atoms with Gasteiger partial charge in [-0.3, -0.25) is 4.79 Å². The van der Waals surface area contributed by atoms with E-state index >= 15 is 0 Å². The summed E-state index contributed by atoms with van der Waals surface area (Å²) in [7, 11) is 0.439. The van der Waals surface area contributed by atoms with Crippen molar-refractivity contribution in [3.05, 3.63) is 35.9 Å². The highest BCUT2D eigenvalue weighted by atomic mass is 31.2. The van der Waals surface area contributed by atoms with Gasteiger partial charge in [-0.2, -0.15) is 0 Å². The molecule has 0 heterocycles. The third kappa shape index (κ3) is 8.21. The van der Waals surface area contributed by atoms with E-state index in [4.69, 9.17) is 4.74 Å². The summed E-state index contributed by atoms with van der Waals surface area (Å²) in [6.45, 7) is 6.86. The molecule has 0 aromatic heterocycles. The molecule has 0 bridgehead atoms. The summed E-state index contributed by atoms with van der Waals surface area (Å²) in [5, 5.41) is 0. The Morgan fingerprint density at radius 1 is 0.923 bits per heavy atom. The molecule has 0 amide bonds. The highest BCUT2D eigenvalue weighted by Gasteiger charge is 2.40. The van der Waals surface area contributed by atoms with Crippen LogP contribution in [0.5, 0.6) is 0 Å². The fourth-order valence-electron chi connectivity index (χ4n) is 3.85. The number of unbranched alkanes of at least 4 members (excludes halogenated alkanes) is 3. The first-order valence-corrected chi connectivity index (χ1v) is 13.1. The van der Waals surface area contributed by atoms with Crippen LogP contribution in [0.3, 0.4) is 0 Å². The zero-order valence-corrected chi connectivity index (χ0v) is 18.4. The number of benzene rings is 1. The van der Waals surface area contributed by atoms with Crippen molar-refractivity contribution in [2.24, 2.45) is 5.92 Å². The third-order valence-corrected chi connectivity index (χ3v) is 10.4. The van der Waals surface area contributed by atoms with E-state index in [0.29, 0.717) is 0 Å². The number of esters is 1. The number of methoxy groups -OCH3 is 1. The van der Waals surface area contributed by atoms with Gasteiger partial charge in [0.1, 0.15) is 0 Å². The van der Waals surface area contributed by atoms with Crippen LogP contribution >= 0.6 is 7.26 Å². The van der Waals surface area contributed by atoms with Gasteiger partial charge in [0.15, 0.2) is 0 Å². The number of hydrogen-bond donors (Lipinski definition) is 0. The second-order valence-corrected chi connectivity index (χ2v) is 12.1. The number of hydrogen-bond acceptors (Lipinski definition) is 2. The van der Waals surface area contributed by atoms with Gasteiger partial charge in [-0.1, -0.05) is 70.4 Å². The van der Waals surface area contributed by atoms with Crippen molar-refractivity contribution in [3.8, 4) is 0 Å². The highest BCUT2D eigenvalue weighted by molar-refractivity contribution is 7.75. The van der Waals surface area contributed by atoms with Crippen molar-refractivity contribution in [1.82, 2.24) is 0 Å². The van der Waals surface area contributed by atoms with E-state index in [9.17, 15) is 4.79 Å². The smallest absolute Gasteiger partial charge is 0.312 e. The lowest BCUT2D eigenvalue weighted by Crippen LogP contribution is -2.27. The predicted molar refractivity (Wildman–Crippen MR) is 117 cm³/mol. The topological polar surface area (TPSA) is 26.3 Å². The summed E-state index contributed by atoms with van der Waals surface area (Å²) in [6, 6.07) is 10.5. The van der Waals surface area contributed by atoms with E-state index in [1.165, 1.54) is 62.6 Å². The minimum absolute atomic E-state index is 0.0114. The normalized spacial score (nSPS) is 12.8. The molecule has 0 N–H and O–H groups in total. The van der Waals surface area contributed by atoms with E-state index < -0.39 is 7.26 Å². The Labute approximate surface area is 162 Å². The summed E-state index contributed by atoms with van der Waals surface area (Å²) < 4.78 is 5.22. The standard InChI is InChI=1S/C23H40O2P/c1-5-8-16-26(17-9-6-2,18-10-7-3)20-22(23(24)25-4)19-21-14-12-11-13-15-21/h11-15,22H,5-10,16-20H2,1-4H3/q+1. The molecule has 1 rings (SSSR count). The fraction of sp³-hybridized carbons (Fsp3) is 0.696. The van der Waals surface area contributed by atoms with Crippen LogP contribution < -0.4 is 0 Å². The Hall–Kier alpha value is -0.880. The Bertz CT molecular complexity index is 464. The molecule has 1 atom stereocenters. The second kappa shape index (κ2) is 13.3. The van der Waals surface area contributed by atoms with Crippen LogP contribution in [0.1, 0.15) is 64.9 Å². The molecule has 1 aromatic carbocycles. The Morgan fingerprint density at radius 2 is 1.42 bits per heavy atom. The van der Waals surface area contributed by atoms with E-state index in [1.807, 2.05) is 6.07 Å². The molecule has 1 aromatic rings. The van der Waals surface area contributed by atoms with Crippen LogP contribution in [-0.4, -0.2) is 37.7 Å². The fourth-order valence-corrected chi connectivity index (χ4v) is 9.24. The molecule has 0 aliphatic carbocycles. The van der Waals surface area contributed by atoms with Gasteiger partial charge in [0.25, 0.3) is 0 Å². The van der Waals surface area contributed by atoms with Gasteiger partial charge in [-0.15, -0.1) is 0 Å². The van der Waals surface area contributed by atoms with Crippen LogP contribution in [0.25, 0.3) is 0 Å². The SMILES string of the molecule is CCCC[P+](CCCC)(CCCC)CC(Cc1ccccc1)C(=O)OC. The average molecular weight is 380 g/mol. The molecule has 0 spiro atoms. The second-order valence-electron chi connectivity index (χ2n) is 7.67. The molecule has 2 nitrogen and oxygen atoms in total. The van der Waals surface area contributed by atoms with Crippen molar-refractivity contribution in [2.45, 2.75) is 65.7 Å². The average Bonchev–Trinajstić information content (AvgIpc) is 2.68. The summed E-state index contributed by atoms with van der Waals surface area (Å²) in [5.41, 5.74) is 1.25. The first-order chi connectivity index (χ1) is 12.6. The highest BCUT2D eigenvalue weighted by Crippen LogP contribution is 2.62. The number of carbonyl (C=O) groups is 1. The van der Waals surface area contributed by atoms with Crippen molar-refractivity contribution in [1.29, 1.82) is 0 Å². The predicted octanol–water partition coefficient (Wildman–Crippen LogP) is 6.44. The van der Waals surface area contributed by atoms with Gasteiger partial charge in [0, 0.05) is 7.26 Å². The van der Waals surface area contributed by atoms with Crippen LogP contribution in [-0.2, 0) is 16.0 Å². The lowest BCUT2D eigenvalue weighted by atomic mass is 10.0. The van der Waals surface area contributed by atoms with E-state index in [2.05, 4.69) is 45.0 Å². The molecular formula is C23H40O2P+. The van der Waals surface area contributed by atoms with E-state index in [0.717, 1.165) is 12.6 Å².